The summed E-state index contributed by atoms with van der Waals surface area (Å²) in [5.74, 6) is 0. The summed E-state index contributed by atoms with van der Waals surface area (Å²) in [6.45, 7) is 8.72. The van der Waals surface area contributed by atoms with Crippen LogP contribution in [0.25, 0.3) is 0 Å². The van der Waals surface area contributed by atoms with Crippen molar-refractivity contribution in [1.82, 2.24) is 9.13 Å². The number of nitrogens with zero attached hydrogens (tertiary/aromatic N) is 4. The van der Waals surface area contributed by atoms with Gasteiger partial charge in [-0.2, -0.15) is 0 Å². The van der Waals surface area contributed by atoms with Crippen LogP contribution in [0.1, 0.15) is 142 Å². The molecule has 0 saturated heterocycles. The third kappa shape index (κ3) is 22.4. The van der Waals surface area contributed by atoms with E-state index in [2.05, 4.69) is 72.0 Å². The Hall–Kier alpha value is -1.14. The summed E-state index contributed by atoms with van der Waals surface area (Å²) in [6, 6.07) is 8.71. The molecule has 0 aliphatic rings. The summed E-state index contributed by atoms with van der Waals surface area (Å²) in [5.41, 5.74) is 0. The molecule has 2 aromatic heterocycles. The van der Waals surface area contributed by atoms with Crippen molar-refractivity contribution in [3.05, 3.63) is 59.8 Å². The van der Waals surface area contributed by atoms with Crippen LogP contribution in [0.5, 0.6) is 0 Å². The summed E-state index contributed by atoms with van der Waals surface area (Å²) in [6.07, 6.45) is 35.5. The van der Waals surface area contributed by atoms with Gasteiger partial charge < -0.3 is 9.13 Å². The van der Waals surface area contributed by atoms with Crippen LogP contribution in [-0.2, 0) is 13.1 Å². The molecule has 0 unspecified atom stereocenters. The number of unbranched alkanes of at least 4 members (excludes halogenated alkanes) is 17. The molecule has 0 N–H and O–H groups in total. The lowest BCUT2D eigenvalue weighted by atomic mass is 10.1. The maximum atomic E-state index is 4.75. The van der Waals surface area contributed by atoms with Crippen LogP contribution in [-0.4, -0.2) is 22.2 Å². The van der Waals surface area contributed by atoms with Crippen molar-refractivity contribution in [2.45, 2.75) is 155 Å². The Labute approximate surface area is 280 Å². The van der Waals surface area contributed by atoms with E-state index in [0.717, 1.165) is 36.9 Å². The van der Waals surface area contributed by atoms with Gasteiger partial charge in [0.25, 0.3) is 0 Å². The van der Waals surface area contributed by atoms with Gasteiger partial charge in [-0.1, -0.05) is 117 Å². The molecule has 42 heavy (non-hydrogen) atoms. The van der Waals surface area contributed by atoms with Gasteiger partial charge in [-0.3, -0.25) is 9.98 Å². The van der Waals surface area contributed by atoms with Crippen molar-refractivity contribution in [2.24, 2.45) is 9.98 Å². The molecular weight excluding hydrogens is 648 g/mol. The maximum Gasteiger partial charge on any atom is 0.0603 e. The third-order valence-electron chi connectivity index (χ3n) is 7.94. The first-order valence-electron chi connectivity index (χ1n) is 17.1. The largest absolute Gasteiger partial charge is 0.354 e. The van der Waals surface area contributed by atoms with Crippen molar-refractivity contribution in [3.8, 4) is 0 Å². The Morgan fingerprint density at radius 3 is 1.02 bits per heavy atom. The fourth-order valence-corrected chi connectivity index (χ4v) is 5.26. The van der Waals surface area contributed by atoms with E-state index in [1.807, 2.05) is 0 Å². The molecule has 0 atom stereocenters. The third-order valence-corrected chi connectivity index (χ3v) is 7.94. The highest BCUT2D eigenvalue weighted by atomic mass is 79.9. The summed E-state index contributed by atoms with van der Waals surface area (Å²) in [7, 11) is 0. The topological polar surface area (TPSA) is 34.6 Å². The lowest BCUT2D eigenvalue weighted by Gasteiger charge is -2.07. The number of pyridine rings is 2. The van der Waals surface area contributed by atoms with Crippen LogP contribution in [0.3, 0.4) is 0 Å². The van der Waals surface area contributed by atoms with Crippen molar-refractivity contribution >= 4 is 34.0 Å². The highest BCUT2D eigenvalue weighted by molar-refractivity contribution is 8.93. The summed E-state index contributed by atoms with van der Waals surface area (Å²) >= 11 is 0. The van der Waals surface area contributed by atoms with Crippen LogP contribution in [0.2, 0.25) is 0 Å². The highest BCUT2D eigenvalue weighted by Gasteiger charge is 1.95. The lowest BCUT2D eigenvalue weighted by molar-refractivity contribution is 0.529. The minimum absolute atomic E-state index is 0. The summed E-state index contributed by atoms with van der Waals surface area (Å²) < 4.78 is 4.63. The van der Waals surface area contributed by atoms with Crippen molar-refractivity contribution in [3.63, 3.8) is 0 Å². The van der Waals surface area contributed by atoms with Crippen LogP contribution >= 0.6 is 34.0 Å². The molecule has 0 aliphatic carbocycles. The van der Waals surface area contributed by atoms with E-state index in [9.17, 15) is 0 Å². The molecule has 0 radical (unpaired) electrons. The van der Waals surface area contributed by atoms with Gasteiger partial charge in [0.15, 0.2) is 0 Å². The van der Waals surface area contributed by atoms with Crippen LogP contribution in [0.4, 0.5) is 0 Å². The number of aromatic nitrogens is 2. The highest BCUT2D eigenvalue weighted by Crippen LogP contribution is 2.09. The molecule has 242 valence electrons. The Morgan fingerprint density at radius 1 is 0.405 bits per heavy atom. The van der Waals surface area contributed by atoms with E-state index in [0.29, 0.717) is 0 Å². The fraction of sp³-hybridized carbons (Fsp3) is 0.722. The second-order valence-corrected chi connectivity index (χ2v) is 11.7. The molecule has 0 spiro atoms. The number of rotatable bonds is 25. The molecule has 0 aliphatic heterocycles. The van der Waals surface area contributed by atoms with Crippen LogP contribution < -0.4 is 10.7 Å². The SMILES string of the molecule is Br.Br.CCCCCCCCCN=c1ccn(CCCCCCCCn2ccc(=NCCCCCCCCC)cc2)cc1. The molecule has 2 rings (SSSR count). The van der Waals surface area contributed by atoms with E-state index in [1.165, 1.54) is 128 Å². The van der Waals surface area contributed by atoms with E-state index in [1.54, 1.807) is 0 Å². The second kappa shape index (κ2) is 29.9. The lowest BCUT2D eigenvalue weighted by Crippen LogP contribution is -2.07. The molecule has 6 heteroatoms. The molecule has 2 aromatic rings. The second-order valence-electron chi connectivity index (χ2n) is 11.7. The smallest absolute Gasteiger partial charge is 0.0603 e. The van der Waals surface area contributed by atoms with E-state index in [-0.39, 0.29) is 34.0 Å². The van der Waals surface area contributed by atoms with Crippen LogP contribution in [0.15, 0.2) is 59.0 Å². The molecule has 2 heterocycles. The number of hydrogen-bond donors (Lipinski definition) is 0. The van der Waals surface area contributed by atoms with Gasteiger partial charge in [0.1, 0.15) is 0 Å². The zero-order chi connectivity index (χ0) is 28.4. The first-order chi connectivity index (χ1) is 19.8. The van der Waals surface area contributed by atoms with Crippen molar-refractivity contribution < 1.29 is 0 Å². The Kier molecular flexibility index (Phi) is 29.1. The Balaban J connectivity index is 0.00000840. The molecule has 0 saturated carbocycles. The van der Waals surface area contributed by atoms with Gasteiger partial charge in [-0.15, -0.1) is 34.0 Å². The van der Waals surface area contributed by atoms with Crippen LogP contribution in [0, 0.1) is 0 Å². The van der Waals surface area contributed by atoms with Crippen molar-refractivity contribution in [1.29, 1.82) is 0 Å². The number of hydrogen-bond acceptors (Lipinski definition) is 2. The minimum atomic E-state index is 0. The summed E-state index contributed by atoms with van der Waals surface area (Å²) in [5, 5.41) is 2.26. The Morgan fingerprint density at radius 2 is 0.690 bits per heavy atom. The van der Waals surface area contributed by atoms with Gasteiger partial charge in [0.05, 0.1) is 10.7 Å². The monoisotopic (exact) mass is 710 g/mol. The normalized spacial score (nSPS) is 10.6. The predicted octanol–water partition coefficient (Wildman–Crippen LogP) is 10.8. The maximum absolute atomic E-state index is 4.75. The quantitative estimate of drug-likeness (QED) is 0.0919. The van der Waals surface area contributed by atoms with E-state index < -0.39 is 0 Å². The van der Waals surface area contributed by atoms with Gasteiger partial charge in [-0.25, -0.2) is 0 Å². The molecule has 0 aromatic carbocycles. The molecular formula is C36H64Br2N4. The average molecular weight is 713 g/mol. The summed E-state index contributed by atoms with van der Waals surface area (Å²) in [4.78, 5) is 9.51. The predicted molar refractivity (Wildman–Crippen MR) is 194 cm³/mol. The van der Waals surface area contributed by atoms with Gasteiger partial charge in [-0.05, 0) is 49.9 Å². The standard InChI is InChI=1S/C36H62N4.2BrH/c1-3-5-7-9-11-15-19-27-37-35-23-31-39(32-24-35)29-21-17-13-14-18-22-30-40-33-25-36(26-34-40)38-28-20-16-12-10-8-6-4-2;;/h23-26,31-34H,3-22,27-30H2,1-2H3;2*1H. The minimum Gasteiger partial charge on any atom is -0.354 e. The molecule has 0 bridgehead atoms. The molecule has 4 nitrogen and oxygen atoms in total. The zero-order valence-electron chi connectivity index (χ0n) is 27.2. The molecule has 0 fully saturated rings. The van der Waals surface area contributed by atoms with Gasteiger partial charge in [0, 0.05) is 51.0 Å². The number of halogens is 2. The van der Waals surface area contributed by atoms with E-state index in [4.69, 9.17) is 9.98 Å². The average Bonchev–Trinajstić information content (AvgIpc) is 2.98. The van der Waals surface area contributed by atoms with Crippen molar-refractivity contribution in [2.75, 3.05) is 13.1 Å². The fourth-order valence-electron chi connectivity index (χ4n) is 5.26. The first-order valence-corrected chi connectivity index (χ1v) is 17.1. The van der Waals surface area contributed by atoms with Gasteiger partial charge in [0.2, 0.25) is 0 Å². The number of aryl methyl sites for hydroxylation is 2. The zero-order valence-corrected chi connectivity index (χ0v) is 30.6. The molecule has 0 amide bonds. The first kappa shape index (κ1) is 40.9. The van der Waals surface area contributed by atoms with Gasteiger partial charge >= 0.3 is 0 Å². The Bertz CT molecular complexity index is 862. The van der Waals surface area contributed by atoms with E-state index >= 15 is 0 Å².